The van der Waals surface area contributed by atoms with E-state index in [9.17, 15) is 9.18 Å². The number of benzene rings is 2. The van der Waals surface area contributed by atoms with Gasteiger partial charge in [0.25, 0.3) is 0 Å². The minimum Gasteiger partial charge on any atom is -0.351 e. The van der Waals surface area contributed by atoms with Crippen LogP contribution in [0.5, 0.6) is 0 Å². The van der Waals surface area contributed by atoms with Crippen molar-refractivity contribution in [3.63, 3.8) is 0 Å². The summed E-state index contributed by atoms with van der Waals surface area (Å²) in [6, 6.07) is 15.9. The van der Waals surface area contributed by atoms with Gasteiger partial charge in [0.15, 0.2) is 0 Å². The third kappa shape index (κ3) is 3.67. The standard InChI is InChI=1S/C17H18FNO/c1-2-16(14-6-4-3-5-7-14)17(20)19-12-13-8-10-15(18)11-9-13/h3-11,16H,2,12H2,1H3,(H,19,20). The van der Waals surface area contributed by atoms with Gasteiger partial charge in [-0.3, -0.25) is 4.79 Å². The van der Waals surface area contributed by atoms with E-state index in [0.29, 0.717) is 6.54 Å². The number of hydrogen-bond acceptors (Lipinski definition) is 1. The maximum absolute atomic E-state index is 12.8. The Bertz CT molecular complexity index is 551. The Hall–Kier alpha value is -2.16. The Morgan fingerprint density at radius 2 is 1.75 bits per heavy atom. The summed E-state index contributed by atoms with van der Waals surface area (Å²) in [7, 11) is 0. The van der Waals surface area contributed by atoms with Crippen LogP contribution in [-0.2, 0) is 11.3 Å². The molecule has 2 aromatic rings. The van der Waals surface area contributed by atoms with E-state index in [-0.39, 0.29) is 17.6 Å². The predicted octanol–water partition coefficient (Wildman–Crippen LogP) is 3.64. The molecule has 1 unspecified atom stereocenters. The van der Waals surface area contributed by atoms with E-state index in [2.05, 4.69) is 5.32 Å². The topological polar surface area (TPSA) is 29.1 Å². The summed E-state index contributed by atoms with van der Waals surface area (Å²) in [5.74, 6) is -0.407. The highest BCUT2D eigenvalue weighted by atomic mass is 19.1. The molecule has 0 radical (unpaired) electrons. The molecule has 0 aromatic heterocycles. The number of carbonyl (C=O) groups excluding carboxylic acids is 1. The lowest BCUT2D eigenvalue weighted by Crippen LogP contribution is -2.28. The van der Waals surface area contributed by atoms with Crippen LogP contribution < -0.4 is 5.32 Å². The molecular formula is C17H18FNO. The van der Waals surface area contributed by atoms with Crippen molar-refractivity contribution in [1.29, 1.82) is 0 Å². The van der Waals surface area contributed by atoms with Crippen molar-refractivity contribution in [2.24, 2.45) is 0 Å². The van der Waals surface area contributed by atoms with Crippen LogP contribution in [0.4, 0.5) is 4.39 Å². The molecule has 1 N–H and O–H groups in total. The van der Waals surface area contributed by atoms with Gasteiger partial charge in [0.2, 0.25) is 5.91 Å². The fourth-order valence-electron chi connectivity index (χ4n) is 2.17. The number of hydrogen-bond donors (Lipinski definition) is 1. The van der Waals surface area contributed by atoms with Crippen LogP contribution in [0.3, 0.4) is 0 Å². The molecule has 3 heteroatoms. The van der Waals surface area contributed by atoms with Crippen LogP contribution in [0.25, 0.3) is 0 Å². The largest absolute Gasteiger partial charge is 0.351 e. The Kier molecular flexibility index (Phi) is 4.88. The molecule has 1 amide bonds. The zero-order chi connectivity index (χ0) is 14.4. The average Bonchev–Trinajstić information content (AvgIpc) is 2.48. The fourth-order valence-corrected chi connectivity index (χ4v) is 2.17. The van der Waals surface area contributed by atoms with Gasteiger partial charge >= 0.3 is 0 Å². The molecular weight excluding hydrogens is 253 g/mol. The zero-order valence-electron chi connectivity index (χ0n) is 11.5. The Labute approximate surface area is 118 Å². The van der Waals surface area contributed by atoms with Gasteiger partial charge in [-0.25, -0.2) is 4.39 Å². The van der Waals surface area contributed by atoms with Crippen molar-refractivity contribution >= 4 is 5.91 Å². The van der Waals surface area contributed by atoms with Crippen LogP contribution in [0.1, 0.15) is 30.4 Å². The second-order valence-electron chi connectivity index (χ2n) is 4.72. The molecule has 0 bridgehead atoms. The van der Waals surface area contributed by atoms with Crippen LogP contribution in [-0.4, -0.2) is 5.91 Å². The molecule has 0 fully saturated rings. The van der Waals surface area contributed by atoms with Crippen LogP contribution in [0.15, 0.2) is 54.6 Å². The quantitative estimate of drug-likeness (QED) is 0.884. The van der Waals surface area contributed by atoms with Crippen molar-refractivity contribution in [2.75, 3.05) is 0 Å². The summed E-state index contributed by atoms with van der Waals surface area (Å²) in [5, 5.41) is 2.91. The molecule has 0 saturated carbocycles. The molecule has 2 aromatic carbocycles. The lowest BCUT2D eigenvalue weighted by atomic mass is 9.95. The molecule has 0 spiro atoms. The minimum absolute atomic E-state index is 0.00280. The maximum Gasteiger partial charge on any atom is 0.227 e. The zero-order valence-corrected chi connectivity index (χ0v) is 11.5. The lowest BCUT2D eigenvalue weighted by Gasteiger charge is -2.15. The molecule has 20 heavy (non-hydrogen) atoms. The summed E-state index contributed by atoms with van der Waals surface area (Å²) in [5.41, 5.74) is 1.91. The van der Waals surface area contributed by atoms with E-state index in [1.807, 2.05) is 37.3 Å². The van der Waals surface area contributed by atoms with Gasteiger partial charge in [-0.1, -0.05) is 49.4 Å². The number of amides is 1. The first-order valence-electron chi connectivity index (χ1n) is 6.77. The van der Waals surface area contributed by atoms with Crippen LogP contribution in [0, 0.1) is 5.82 Å². The molecule has 0 aliphatic rings. The smallest absolute Gasteiger partial charge is 0.227 e. The van der Waals surface area contributed by atoms with Gasteiger partial charge in [0, 0.05) is 6.54 Å². The van der Waals surface area contributed by atoms with Crippen molar-refractivity contribution in [3.8, 4) is 0 Å². The van der Waals surface area contributed by atoms with Crippen molar-refractivity contribution < 1.29 is 9.18 Å². The van der Waals surface area contributed by atoms with Gasteiger partial charge in [-0.15, -0.1) is 0 Å². The second kappa shape index (κ2) is 6.85. The van der Waals surface area contributed by atoms with E-state index in [0.717, 1.165) is 17.5 Å². The molecule has 2 nitrogen and oxygen atoms in total. The first kappa shape index (κ1) is 14.3. The first-order chi connectivity index (χ1) is 9.70. The molecule has 1 atom stereocenters. The molecule has 0 heterocycles. The Morgan fingerprint density at radius 3 is 2.35 bits per heavy atom. The highest BCUT2D eigenvalue weighted by Gasteiger charge is 2.17. The summed E-state index contributed by atoms with van der Waals surface area (Å²) < 4.78 is 12.8. The van der Waals surface area contributed by atoms with Crippen molar-refractivity contribution in [1.82, 2.24) is 5.32 Å². The molecule has 104 valence electrons. The molecule has 0 saturated heterocycles. The fraction of sp³-hybridized carbons (Fsp3) is 0.235. The molecule has 2 rings (SSSR count). The van der Waals surface area contributed by atoms with E-state index < -0.39 is 0 Å². The summed E-state index contributed by atoms with van der Waals surface area (Å²) >= 11 is 0. The Balaban J connectivity index is 1.98. The number of halogens is 1. The van der Waals surface area contributed by atoms with E-state index in [1.165, 1.54) is 12.1 Å². The number of rotatable bonds is 5. The van der Waals surface area contributed by atoms with E-state index in [1.54, 1.807) is 12.1 Å². The van der Waals surface area contributed by atoms with Crippen LogP contribution in [0.2, 0.25) is 0 Å². The first-order valence-corrected chi connectivity index (χ1v) is 6.77. The number of carbonyl (C=O) groups is 1. The van der Waals surface area contributed by atoms with Crippen molar-refractivity contribution in [2.45, 2.75) is 25.8 Å². The monoisotopic (exact) mass is 271 g/mol. The van der Waals surface area contributed by atoms with E-state index in [4.69, 9.17) is 0 Å². The Morgan fingerprint density at radius 1 is 1.10 bits per heavy atom. The van der Waals surface area contributed by atoms with E-state index >= 15 is 0 Å². The normalized spacial score (nSPS) is 11.9. The van der Waals surface area contributed by atoms with Gasteiger partial charge in [0.1, 0.15) is 5.82 Å². The van der Waals surface area contributed by atoms with Gasteiger partial charge in [-0.05, 0) is 29.7 Å². The van der Waals surface area contributed by atoms with Gasteiger partial charge in [0.05, 0.1) is 5.92 Å². The SMILES string of the molecule is CCC(C(=O)NCc1ccc(F)cc1)c1ccccc1. The molecule has 0 aliphatic heterocycles. The average molecular weight is 271 g/mol. The third-order valence-electron chi connectivity index (χ3n) is 3.31. The van der Waals surface area contributed by atoms with Crippen molar-refractivity contribution in [3.05, 3.63) is 71.5 Å². The lowest BCUT2D eigenvalue weighted by molar-refractivity contribution is -0.122. The summed E-state index contributed by atoms with van der Waals surface area (Å²) in [4.78, 5) is 12.2. The summed E-state index contributed by atoms with van der Waals surface area (Å²) in [6.45, 7) is 2.41. The van der Waals surface area contributed by atoms with Crippen LogP contribution >= 0.6 is 0 Å². The second-order valence-corrected chi connectivity index (χ2v) is 4.72. The predicted molar refractivity (Wildman–Crippen MR) is 77.7 cm³/mol. The van der Waals surface area contributed by atoms with Gasteiger partial charge < -0.3 is 5.32 Å². The highest BCUT2D eigenvalue weighted by Crippen LogP contribution is 2.19. The minimum atomic E-state index is -0.268. The molecule has 0 aliphatic carbocycles. The maximum atomic E-state index is 12.8. The third-order valence-corrected chi connectivity index (χ3v) is 3.31. The summed E-state index contributed by atoms with van der Waals surface area (Å²) in [6.07, 6.45) is 0.749. The number of nitrogens with one attached hydrogen (secondary N) is 1. The van der Waals surface area contributed by atoms with Gasteiger partial charge in [-0.2, -0.15) is 0 Å². The highest BCUT2D eigenvalue weighted by molar-refractivity contribution is 5.83.